The molecule has 0 fully saturated rings. The standard InChI is InChI=1S/C43H52O7/c1-6-8-9-10-11-14-27-47-34-21-23-36(24-22-34)50-43(46)40-26-25-39(37-15-12-13-16-38(37)40)42(45)49-35-19-17-33(18-20-35)28-41(44)48-29-31(4)32(5)30(3)7-2/h12-13,15-26,30-32H,6-11,14,27-29H2,1-5H3. The summed E-state index contributed by atoms with van der Waals surface area (Å²) >= 11 is 0. The van der Waals surface area contributed by atoms with E-state index in [2.05, 4.69) is 34.6 Å². The SMILES string of the molecule is CCCCCCCCOc1ccc(OC(=O)c2ccc(C(=O)Oc3ccc(CC(=O)OCC(C)C(C)C(C)CC)cc3)c3ccccc23)cc1. The lowest BCUT2D eigenvalue weighted by Gasteiger charge is -2.24. The fourth-order valence-electron chi connectivity index (χ4n) is 5.86. The molecule has 0 N–H and O–H groups in total. The largest absolute Gasteiger partial charge is 0.494 e. The van der Waals surface area contributed by atoms with E-state index in [0.29, 0.717) is 58.4 Å². The number of fused-ring (bicyclic) bond motifs is 1. The lowest BCUT2D eigenvalue weighted by Crippen LogP contribution is -2.22. The molecule has 7 heteroatoms. The molecule has 50 heavy (non-hydrogen) atoms. The first-order chi connectivity index (χ1) is 24.2. The molecule has 0 spiro atoms. The molecule has 0 aliphatic carbocycles. The molecule has 4 aromatic carbocycles. The first-order valence-corrected chi connectivity index (χ1v) is 18.1. The van der Waals surface area contributed by atoms with Gasteiger partial charge in [0.15, 0.2) is 0 Å². The van der Waals surface area contributed by atoms with Crippen molar-refractivity contribution in [3.8, 4) is 17.2 Å². The Morgan fingerprint density at radius 1 is 0.600 bits per heavy atom. The summed E-state index contributed by atoms with van der Waals surface area (Å²) in [6.45, 7) is 12.0. The van der Waals surface area contributed by atoms with Crippen LogP contribution in [0.2, 0.25) is 0 Å². The first kappa shape index (κ1) is 38.2. The molecule has 0 aliphatic heterocycles. The molecule has 0 radical (unpaired) electrons. The third kappa shape index (κ3) is 11.2. The van der Waals surface area contributed by atoms with Crippen molar-refractivity contribution in [3.05, 3.63) is 102 Å². The summed E-state index contributed by atoms with van der Waals surface area (Å²) in [7, 11) is 0. The van der Waals surface area contributed by atoms with E-state index in [9.17, 15) is 14.4 Å². The van der Waals surface area contributed by atoms with Gasteiger partial charge in [-0.2, -0.15) is 0 Å². The van der Waals surface area contributed by atoms with Crippen molar-refractivity contribution >= 4 is 28.7 Å². The molecule has 3 unspecified atom stereocenters. The van der Waals surface area contributed by atoms with Crippen LogP contribution in [0.15, 0.2) is 84.9 Å². The van der Waals surface area contributed by atoms with Gasteiger partial charge >= 0.3 is 17.9 Å². The van der Waals surface area contributed by atoms with Gasteiger partial charge in [0.1, 0.15) is 17.2 Å². The third-order valence-corrected chi connectivity index (χ3v) is 9.59. The average Bonchev–Trinajstić information content (AvgIpc) is 3.13. The van der Waals surface area contributed by atoms with Gasteiger partial charge in [0.2, 0.25) is 0 Å². The average molecular weight is 681 g/mol. The van der Waals surface area contributed by atoms with Crippen molar-refractivity contribution in [2.24, 2.45) is 17.8 Å². The van der Waals surface area contributed by atoms with Gasteiger partial charge in [-0.15, -0.1) is 0 Å². The second-order valence-corrected chi connectivity index (χ2v) is 13.3. The maximum Gasteiger partial charge on any atom is 0.344 e. The van der Waals surface area contributed by atoms with E-state index in [4.69, 9.17) is 18.9 Å². The highest BCUT2D eigenvalue weighted by molar-refractivity contribution is 6.12. The summed E-state index contributed by atoms with van der Waals surface area (Å²) in [5.41, 5.74) is 1.42. The van der Waals surface area contributed by atoms with Crippen molar-refractivity contribution in [1.82, 2.24) is 0 Å². The normalized spacial score (nSPS) is 12.9. The Hall–Kier alpha value is -4.65. The van der Waals surface area contributed by atoms with Gasteiger partial charge in [0.25, 0.3) is 0 Å². The Kier molecular flexibility index (Phi) is 14.9. The monoisotopic (exact) mass is 680 g/mol. The topological polar surface area (TPSA) is 88.1 Å². The van der Waals surface area contributed by atoms with E-state index in [1.165, 1.54) is 25.7 Å². The minimum absolute atomic E-state index is 0.137. The van der Waals surface area contributed by atoms with Gasteiger partial charge in [0.05, 0.1) is 30.8 Å². The fourth-order valence-corrected chi connectivity index (χ4v) is 5.86. The van der Waals surface area contributed by atoms with E-state index in [-0.39, 0.29) is 18.3 Å². The molecule has 0 amide bonds. The predicted molar refractivity (Wildman–Crippen MR) is 198 cm³/mol. The van der Waals surface area contributed by atoms with Crippen LogP contribution in [0.4, 0.5) is 0 Å². The van der Waals surface area contributed by atoms with Crippen LogP contribution in [0.3, 0.4) is 0 Å². The molecule has 0 aliphatic rings. The number of esters is 3. The Morgan fingerprint density at radius 3 is 1.68 bits per heavy atom. The van der Waals surface area contributed by atoms with E-state index >= 15 is 0 Å². The van der Waals surface area contributed by atoms with Crippen LogP contribution in [0, 0.1) is 17.8 Å². The number of ether oxygens (including phenoxy) is 4. The van der Waals surface area contributed by atoms with Crippen LogP contribution in [0.1, 0.15) is 106 Å². The third-order valence-electron chi connectivity index (χ3n) is 9.59. The number of hydrogen-bond acceptors (Lipinski definition) is 7. The van der Waals surface area contributed by atoms with Crippen LogP contribution in [-0.2, 0) is 16.0 Å². The molecular formula is C43H52O7. The smallest absolute Gasteiger partial charge is 0.344 e. The minimum Gasteiger partial charge on any atom is -0.494 e. The minimum atomic E-state index is -0.561. The van der Waals surface area contributed by atoms with Crippen molar-refractivity contribution < 1.29 is 33.3 Å². The predicted octanol–water partition coefficient (Wildman–Crippen LogP) is 10.4. The number of unbranched alkanes of at least 4 members (excludes halogenated alkanes) is 5. The second-order valence-electron chi connectivity index (χ2n) is 13.3. The number of carbonyl (C=O) groups is 3. The Bertz CT molecular complexity index is 1680. The van der Waals surface area contributed by atoms with E-state index in [1.807, 2.05) is 0 Å². The first-order valence-electron chi connectivity index (χ1n) is 18.1. The molecule has 7 nitrogen and oxygen atoms in total. The lowest BCUT2D eigenvalue weighted by atomic mass is 9.84. The highest BCUT2D eigenvalue weighted by atomic mass is 16.5. The van der Waals surface area contributed by atoms with Crippen molar-refractivity contribution in [3.63, 3.8) is 0 Å². The molecule has 4 rings (SSSR count). The number of benzene rings is 4. The molecule has 0 saturated heterocycles. The van der Waals surface area contributed by atoms with Crippen LogP contribution in [0.25, 0.3) is 10.8 Å². The zero-order chi connectivity index (χ0) is 35.9. The molecule has 266 valence electrons. The summed E-state index contributed by atoms with van der Waals surface area (Å²) in [5.74, 6) is 1.41. The molecule has 4 aromatic rings. The van der Waals surface area contributed by atoms with Crippen molar-refractivity contribution in [2.45, 2.75) is 86.0 Å². The van der Waals surface area contributed by atoms with Crippen molar-refractivity contribution in [2.75, 3.05) is 13.2 Å². The van der Waals surface area contributed by atoms with Crippen LogP contribution in [0.5, 0.6) is 17.2 Å². The van der Waals surface area contributed by atoms with Gasteiger partial charge in [0, 0.05) is 0 Å². The highest BCUT2D eigenvalue weighted by Gasteiger charge is 2.21. The van der Waals surface area contributed by atoms with Gasteiger partial charge in [-0.25, -0.2) is 9.59 Å². The summed E-state index contributed by atoms with van der Waals surface area (Å²) in [4.78, 5) is 39.0. The molecule has 0 saturated carbocycles. The maximum atomic E-state index is 13.3. The number of carbonyl (C=O) groups excluding carboxylic acids is 3. The van der Waals surface area contributed by atoms with Gasteiger partial charge in [-0.3, -0.25) is 4.79 Å². The highest BCUT2D eigenvalue weighted by Crippen LogP contribution is 2.27. The zero-order valence-electron chi connectivity index (χ0n) is 30.2. The van der Waals surface area contributed by atoms with Crippen LogP contribution < -0.4 is 14.2 Å². The Morgan fingerprint density at radius 2 is 1.12 bits per heavy atom. The number of hydrogen-bond donors (Lipinski definition) is 0. The Labute approximate surface area is 297 Å². The summed E-state index contributed by atoms with van der Waals surface area (Å²) in [6, 6.07) is 24.2. The summed E-state index contributed by atoms with van der Waals surface area (Å²) in [6.07, 6.45) is 8.42. The number of rotatable bonds is 19. The quantitative estimate of drug-likeness (QED) is 0.0553. The lowest BCUT2D eigenvalue weighted by molar-refractivity contribution is -0.144. The molecule has 0 bridgehead atoms. The van der Waals surface area contributed by atoms with Gasteiger partial charge in [-0.05, 0) is 89.0 Å². The van der Waals surface area contributed by atoms with Gasteiger partial charge in [-0.1, -0.05) is 110 Å². The van der Waals surface area contributed by atoms with Crippen molar-refractivity contribution in [1.29, 1.82) is 0 Å². The van der Waals surface area contributed by atoms with Gasteiger partial charge < -0.3 is 18.9 Å². The van der Waals surface area contributed by atoms with Crippen LogP contribution >= 0.6 is 0 Å². The van der Waals surface area contributed by atoms with Crippen LogP contribution in [-0.4, -0.2) is 31.1 Å². The van der Waals surface area contributed by atoms with E-state index < -0.39 is 11.9 Å². The summed E-state index contributed by atoms with van der Waals surface area (Å²) in [5, 5.41) is 1.15. The second kappa shape index (κ2) is 19.5. The van der Waals surface area contributed by atoms with E-state index in [0.717, 1.165) is 30.6 Å². The molecular weight excluding hydrogens is 628 g/mol. The molecule has 0 heterocycles. The zero-order valence-corrected chi connectivity index (χ0v) is 30.2. The van der Waals surface area contributed by atoms with E-state index in [1.54, 1.807) is 84.9 Å². The Balaban J connectivity index is 1.32. The summed E-state index contributed by atoms with van der Waals surface area (Å²) < 4.78 is 22.8. The molecule has 3 atom stereocenters. The fraction of sp³-hybridized carbons (Fsp3) is 0.419. The molecule has 0 aromatic heterocycles. The maximum absolute atomic E-state index is 13.3.